The highest BCUT2D eigenvalue weighted by atomic mass is 16.2. The van der Waals surface area contributed by atoms with Gasteiger partial charge < -0.3 is 26.2 Å². The van der Waals surface area contributed by atoms with Crippen LogP contribution in [0.15, 0.2) is 18.6 Å². The van der Waals surface area contributed by atoms with Crippen molar-refractivity contribution in [1.29, 1.82) is 0 Å². The molecule has 5 atom stereocenters. The molecule has 0 aromatic carbocycles. The first-order valence-corrected chi connectivity index (χ1v) is 15.2. The van der Waals surface area contributed by atoms with Crippen LogP contribution in [-0.2, 0) is 24.0 Å². The van der Waals surface area contributed by atoms with Crippen molar-refractivity contribution in [3.05, 3.63) is 24.3 Å². The van der Waals surface area contributed by atoms with Crippen LogP contribution < -0.4 is 21.3 Å². The predicted molar refractivity (Wildman–Crippen MR) is 157 cm³/mol. The minimum atomic E-state index is -0.999. The van der Waals surface area contributed by atoms with Gasteiger partial charge in [0.1, 0.15) is 23.8 Å². The SMILES string of the molecule is CCC[C@H](NC(=O)[C@@H]1[C@@H](C(C)C)CCN1C(=O)[C@@H](NC(=O)[C@H](C)NC(=O)c1cnccn1)C(C)C)C(=O)C(=O)NC1CC1. The number of aromatic nitrogens is 2. The molecule has 2 aliphatic rings. The zero-order valence-corrected chi connectivity index (χ0v) is 25.9. The van der Waals surface area contributed by atoms with E-state index in [1.54, 1.807) is 13.8 Å². The van der Waals surface area contributed by atoms with E-state index in [4.69, 9.17) is 0 Å². The van der Waals surface area contributed by atoms with Gasteiger partial charge in [-0.05, 0) is 50.4 Å². The van der Waals surface area contributed by atoms with Gasteiger partial charge in [-0.25, -0.2) is 4.98 Å². The van der Waals surface area contributed by atoms with Crippen LogP contribution in [-0.4, -0.2) is 86.9 Å². The van der Waals surface area contributed by atoms with E-state index in [1.807, 2.05) is 20.8 Å². The van der Waals surface area contributed by atoms with E-state index in [9.17, 15) is 28.8 Å². The molecular formula is C30H45N7O6. The number of nitrogens with zero attached hydrogens (tertiary/aromatic N) is 3. The standard InChI is InChI=1S/C30H45N7O6/c1-7-8-21(25(38)29(42)34-19-9-10-19)35-28(41)24-20(16(2)3)11-14-37(24)30(43)23(17(4)5)36-26(39)18(6)33-27(40)22-15-31-12-13-32-22/h12-13,15-21,23-24H,7-11,14H2,1-6H3,(H,33,40)(H,34,42)(H,35,41)(H,36,39)/t18-,20+,21-,23-,24-/m0/s1. The number of likely N-dealkylation sites (tertiary alicyclic amines) is 1. The van der Waals surface area contributed by atoms with Crippen molar-refractivity contribution in [3.8, 4) is 0 Å². The lowest BCUT2D eigenvalue weighted by Crippen LogP contribution is -2.60. The van der Waals surface area contributed by atoms with Crippen molar-refractivity contribution in [1.82, 2.24) is 36.1 Å². The molecule has 43 heavy (non-hydrogen) atoms. The maximum atomic E-state index is 13.9. The number of nitrogens with one attached hydrogen (secondary N) is 4. The highest BCUT2D eigenvalue weighted by Crippen LogP contribution is 2.32. The molecule has 1 aromatic rings. The first kappa shape index (κ1) is 33.6. The number of carbonyl (C=O) groups is 6. The molecule has 1 saturated carbocycles. The third-order valence-electron chi connectivity index (χ3n) is 7.97. The van der Waals surface area contributed by atoms with Crippen molar-refractivity contribution < 1.29 is 28.8 Å². The summed E-state index contributed by atoms with van der Waals surface area (Å²) in [5.74, 6) is -3.93. The Morgan fingerprint density at radius 1 is 0.953 bits per heavy atom. The molecule has 1 saturated heterocycles. The molecule has 13 heteroatoms. The van der Waals surface area contributed by atoms with Gasteiger partial charge in [-0.1, -0.05) is 41.0 Å². The summed E-state index contributed by atoms with van der Waals surface area (Å²) in [6, 6.07) is -3.82. The number of hydrogen-bond acceptors (Lipinski definition) is 8. The average Bonchev–Trinajstić information content (AvgIpc) is 3.67. The summed E-state index contributed by atoms with van der Waals surface area (Å²) in [7, 11) is 0. The molecule has 0 unspecified atom stereocenters. The molecule has 4 N–H and O–H groups in total. The molecule has 0 radical (unpaired) electrons. The van der Waals surface area contributed by atoms with Crippen LogP contribution in [0, 0.1) is 17.8 Å². The molecule has 236 valence electrons. The third kappa shape index (κ3) is 8.80. The Bertz CT molecular complexity index is 1190. The predicted octanol–water partition coefficient (Wildman–Crippen LogP) is 0.741. The molecule has 2 fully saturated rings. The summed E-state index contributed by atoms with van der Waals surface area (Å²) in [5, 5.41) is 10.8. The highest BCUT2D eigenvalue weighted by Gasteiger charge is 2.46. The maximum absolute atomic E-state index is 13.9. The summed E-state index contributed by atoms with van der Waals surface area (Å²) in [5.41, 5.74) is 0.0502. The fraction of sp³-hybridized carbons (Fsp3) is 0.667. The van der Waals surface area contributed by atoms with Crippen LogP contribution in [0.2, 0.25) is 0 Å². The minimum Gasteiger partial charge on any atom is -0.347 e. The smallest absolute Gasteiger partial charge is 0.289 e. The molecule has 2 heterocycles. The molecule has 0 bridgehead atoms. The van der Waals surface area contributed by atoms with E-state index in [1.165, 1.54) is 30.4 Å². The summed E-state index contributed by atoms with van der Waals surface area (Å²) >= 11 is 0. The van der Waals surface area contributed by atoms with Gasteiger partial charge in [0.25, 0.3) is 11.8 Å². The number of ketones is 1. The molecule has 0 spiro atoms. The number of hydrogen-bond donors (Lipinski definition) is 4. The van der Waals surface area contributed by atoms with Gasteiger partial charge in [0, 0.05) is 25.0 Å². The number of amides is 5. The van der Waals surface area contributed by atoms with Crippen molar-refractivity contribution >= 4 is 35.3 Å². The normalized spacial score (nSPS) is 20.2. The van der Waals surface area contributed by atoms with Gasteiger partial charge in [0.05, 0.1) is 12.2 Å². The third-order valence-corrected chi connectivity index (χ3v) is 7.97. The van der Waals surface area contributed by atoms with E-state index in [-0.39, 0.29) is 29.5 Å². The van der Waals surface area contributed by atoms with E-state index in [2.05, 4.69) is 31.2 Å². The Morgan fingerprint density at radius 3 is 2.21 bits per heavy atom. The maximum Gasteiger partial charge on any atom is 0.289 e. The number of carbonyl (C=O) groups excluding carboxylic acids is 6. The molecular weight excluding hydrogens is 554 g/mol. The Balaban J connectivity index is 1.74. The van der Waals surface area contributed by atoms with Gasteiger partial charge in [0.15, 0.2) is 0 Å². The first-order chi connectivity index (χ1) is 20.3. The van der Waals surface area contributed by atoms with Gasteiger partial charge in [0.2, 0.25) is 23.5 Å². The van der Waals surface area contributed by atoms with Crippen LogP contribution in [0.1, 0.15) is 84.1 Å². The van der Waals surface area contributed by atoms with Gasteiger partial charge in [-0.3, -0.25) is 33.8 Å². The second-order valence-electron chi connectivity index (χ2n) is 12.2. The molecule has 1 aromatic heterocycles. The summed E-state index contributed by atoms with van der Waals surface area (Å²) < 4.78 is 0. The highest BCUT2D eigenvalue weighted by molar-refractivity contribution is 6.38. The average molecular weight is 600 g/mol. The zero-order valence-electron chi connectivity index (χ0n) is 25.9. The monoisotopic (exact) mass is 599 g/mol. The van der Waals surface area contributed by atoms with Crippen molar-refractivity contribution in [2.75, 3.05) is 6.54 Å². The molecule has 3 rings (SSSR count). The zero-order chi connectivity index (χ0) is 31.8. The molecule has 5 amide bonds. The fourth-order valence-corrected chi connectivity index (χ4v) is 5.28. The molecule has 1 aliphatic heterocycles. The molecule has 1 aliphatic carbocycles. The minimum absolute atomic E-state index is 0.00826. The van der Waals surface area contributed by atoms with Gasteiger partial charge in [-0.2, -0.15) is 0 Å². The second-order valence-corrected chi connectivity index (χ2v) is 12.2. The Hall–Kier alpha value is -3.90. The number of rotatable bonds is 14. The van der Waals surface area contributed by atoms with E-state index < -0.39 is 59.5 Å². The lowest BCUT2D eigenvalue weighted by atomic mass is 9.87. The van der Waals surface area contributed by atoms with Gasteiger partial charge in [-0.15, -0.1) is 0 Å². The Morgan fingerprint density at radius 2 is 1.65 bits per heavy atom. The molecule has 13 nitrogen and oxygen atoms in total. The van der Waals surface area contributed by atoms with Crippen LogP contribution in [0.3, 0.4) is 0 Å². The Labute approximate surface area is 252 Å². The first-order valence-electron chi connectivity index (χ1n) is 15.2. The second kappa shape index (κ2) is 15.0. The van der Waals surface area contributed by atoms with Crippen LogP contribution in [0.4, 0.5) is 0 Å². The van der Waals surface area contributed by atoms with Crippen LogP contribution in [0.25, 0.3) is 0 Å². The number of Topliss-reactive ketones (excluding diaryl/α,β-unsaturated/α-hetero) is 1. The summed E-state index contributed by atoms with van der Waals surface area (Å²) in [6.07, 6.45) is 7.17. The lowest BCUT2D eigenvalue weighted by Gasteiger charge is -2.34. The quantitative estimate of drug-likeness (QED) is 0.226. The van der Waals surface area contributed by atoms with Crippen molar-refractivity contribution in [2.45, 2.75) is 104 Å². The largest absolute Gasteiger partial charge is 0.347 e. The topological polar surface area (TPSA) is 180 Å². The van der Waals surface area contributed by atoms with E-state index >= 15 is 0 Å². The van der Waals surface area contributed by atoms with E-state index in [0.29, 0.717) is 25.8 Å². The van der Waals surface area contributed by atoms with Crippen LogP contribution in [0.5, 0.6) is 0 Å². The summed E-state index contributed by atoms with van der Waals surface area (Å²) in [6.45, 7) is 11.2. The van der Waals surface area contributed by atoms with Gasteiger partial charge >= 0.3 is 0 Å². The fourth-order valence-electron chi connectivity index (χ4n) is 5.28. The van der Waals surface area contributed by atoms with E-state index in [0.717, 1.165) is 12.8 Å². The van der Waals surface area contributed by atoms with Crippen molar-refractivity contribution in [3.63, 3.8) is 0 Å². The van der Waals surface area contributed by atoms with Crippen molar-refractivity contribution in [2.24, 2.45) is 17.8 Å². The Kier molecular flexibility index (Phi) is 11.7. The summed E-state index contributed by atoms with van der Waals surface area (Å²) in [4.78, 5) is 87.9. The lowest BCUT2D eigenvalue weighted by molar-refractivity contribution is -0.145. The van der Waals surface area contributed by atoms with Crippen LogP contribution >= 0.6 is 0 Å².